The Balaban J connectivity index is 1.71. The second-order valence-electron chi connectivity index (χ2n) is 8.70. The second-order valence-corrected chi connectivity index (χ2v) is 10.1. The molecule has 0 radical (unpaired) electrons. The molecule has 0 saturated carbocycles. The highest BCUT2D eigenvalue weighted by Crippen LogP contribution is 2.35. The molecule has 1 aliphatic rings. The zero-order chi connectivity index (χ0) is 25.9. The monoisotopic (exact) mass is 520 g/mol. The number of anilines is 1. The van der Waals surface area contributed by atoms with Gasteiger partial charge in [-0.2, -0.15) is 5.10 Å². The van der Waals surface area contributed by atoms with Crippen LogP contribution in [0.1, 0.15) is 56.4 Å². The summed E-state index contributed by atoms with van der Waals surface area (Å²) in [5.41, 5.74) is 4.54. The van der Waals surface area contributed by atoms with Crippen molar-refractivity contribution in [3.8, 4) is 0 Å². The molecule has 2 aromatic rings. The van der Waals surface area contributed by atoms with Crippen LogP contribution in [0.5, 0.6) is 0 Å². The van der Waals surface area contributed by atoms with Gasteiger partial charge in [0.05, 0.1) is 23.2 Å². The minimum Gasteiger partial charge on any atom is -0.465 e. The Morgan fingerprint density at radius 2 is 1.77 bits per heavy atom. The summed E-state index contributed by atoms with van der Waals surface area (Å²) in [6, 6.07) is 0. The molecule has 3 heterocycles. The summed E-state index contributed by atoms with van der Waals surface area (Å²) in [6.07, 6.45) is 0. The molecule has 1 fully saturated rings. The van der Waals surface area contributed by atoms with Crippen LogP contribution >= 0.6 is 23.6 Å². The van der Waals surface area contributed by atoms with Crippen LogP contribution in [0.2, 0.25) is 0 Å². The van der Waals surface area contributed by atoms with Gasteiger partial charge in [-0.05, 0) is 52.4 Å². The maximum absolute atomic E-state index is 13.0. The fourth-order valence-electron chi connectivity index (χ4n) is 4.36. The van der Waals surface area contributed by atoms with Crippen molar-refractivity contribution in [2.75, 3.05) is 51.7 Å². The van der Waals surface area contributed by atoms with Gasteiger partial charge in [0, 0.05) is 64.1 Å². The minimum atomic E-state index is -0.477. The molecule has 0 unspecified atom stereocenters. The number of piperazine rings is 1. The van der Waals surface area contributed by atoms with E-state index in [2.05, 4.69) is 34.1 Å². The maximum atomic E-state index is 13.0. The molecule has 35 heavy (non-hydrogen) atoms. The summed E-state index contributed by atoms with van der Waals surface area (Å²) in [5.74, 6) is -0.564. The van der Waals surface area contributed by atoms with Crippen LogP contribution in [0.25, 0.3) is 0 Å². The van der Waals surface area contributed by atoms with Crippen molar-refractivity contribution in [2.24, 2.45) is 7.05 Å². The van der Waals surface area contributed by atoms with Crippen LogP contribution in [0.15, 0.2) is 0 Å². The molecule has 9 nitrogen and oxygen atoms in total. The lowest BCUT2D eigenvalue weighted by atomic mass is 10.1. The summed E-state index contributed by atoms with van der Waals surface area (Å²) in [4.78, 5) is 32.4. The Morgan fingerprint density at radius 3 is 2.29 bits per heavy atom. The van der Waals surface area contributed by atoms with Gasteiger partial charge in [-0.3, -0.25) is 14.4 Å². The summed E-state index contributed by atoms with van der Waals surface area (Å²) >= 11 is 6.97. The average molecular weight is 521 g/mol. The summed E-state index contributed by atoms with van der Waals surface area (Å²) in [7, 11) is 3.32. The number of esters is 1. The molecule has 3 rings (SSSR count). The van der Waals surface area contributed by atoms with Crippen molar-refractivity contribution in [1.82, 2.24) is 24.5 Å². The van der Waals surface area contributed by atoms with Gasteiger partial charge in [-0.15, -0.1) is 11.3 Å². The molecular formula is C24H36N6O3S2. The predicted molar refractivity (Wildman–Crippen MR) is 143 cm³/mol. The highest BCUT2D eigenvalue weighted by atomic mass is 32.1. The number of nitrogens with zero attached hydrogens (tertiary/aromatic N) is 5. The highest BCUT2D eigenvalue weighted by Gasteiger charge is 2.29. The third-order valence-electron chi connectivity index (χ3n) is 6.70. The normalized spacial score (nSPS) is 14.2. The molecular weight excluding hydrogens is 484 g/mol. The minimum absolute atomic E-state index is 0.0868. The summed E-state index contributed by atoms with van der Waals surface area (Å²) in [5, 5.41) is 8.87. The number of thiocarbonyl (C=S) groups is 1. The Morgan fingerprint density at radius 1 is 1.14 bits per heavy atom. The Labute approximate surface area is 217 Å². The predicted octanol–water partition coefficient (Wildman–Crippen LogP) is 3.19. The van der Waals surface area contributed by atoms with Crippen LogP contribution in [0.3, 0.4) is 0 Å². The van der Waals surface area contributed by atoms with Crippen LogP contribution in [0, 0.1) is 20.8 Å². The van der Waals surface area contributed by atoms with Gasteiger partial charge in [0.1, 0.15) is 5.00 Å². The largest absolute Gasteiger partial charge is 0.465 e. The smallest absolute Gasteiger partial charge is 0.341 e. The molecule has 0 atom stereocenters. The lowest BCUT2D eigenvalue weighted by Crippen LogP contribution is -2.49. The van der Waals surface area contributed by atoms with Gasteiger partial charge in [-0.25, -0.2) is 4.79 Å². The number of amides is 1. The van der Waals surface area contributed by atoms with Gasteiger partial charge in [0.2, 0.25) is 0 Å². The Kier molecular flexibility index (Phi) is 8.89. The average Bonchev–Trinajstić information content (AvgIpc) is 3.29. The lowest BCUT2D eigenvalue weighted by molar-refractivity contribution is 0.0601. The van der Waals surface area contributed by atoms with E-state index in [9.17, 15) is 9.59 Å². The first-order chi connectivity index (χ1) is 16.6. The van der Waals surface area contributed by atoms with Crippen LogP contribution in [-0.2, 0) is 18.3 Å². The molecule has 0 bridgehead atoms. The van der Waals surface area contributed by atoms with Crippen molar-refractivity contribution in [2.45, 2.75) is 41.2 Å². The zero-order valence-electron chi connectivity index (χ0n) is 21.7. The molecule has 2 aromatic heterocycles. The van der Waals surface area contributed by atoms with E-state index in [4.69, 9.17) is 17.0 Å². The number of hydrogen-bond acceptors (Lipinski definition) is 7. The van der Waals surface area contributed by atoms with E-state index in [1.54, 1.807) is 11.8 Å². The first kappa shape index (κ1) is 27.1. The number of carbonyl (C=O) groups is 2. The molecule has 1 amide bonds. The fraction of sp³-hybridized carbons (Fsp3) is 0.583. The first-order valence-electron chi connectivity index (χ1n) is 11.9. The number of thiophene rings is 1. The second kappa shape index (κ2) is 11.5. The highest BCUT2D eigenvalue weighted by molar-refractivity contribution is 7.80. The van der Waals surface area contributed by atoms with Crippen molar-refractivity contribution in [3.63, 3.8) is 0 Å². The molecule has 192 valence electrons. The van der Waals surface area contributed by atoms with Gasteiger partial charge in [0.25, 0.3) is 5.91 Å². The summed E-state index contributed by atoms with van der Waals surface area (Å²) < 4.78 is 6.95. The number of methoxy groups -OCH3 is 1. The number of carbonyl (C=O) groups excluding carboxylic acids is 2. The van der Waals surface area contributed by atoms with Crippen molar-refractivity contribution >= 4 is 45.5 Å². The fourth-order valence-corrected chi connectivity index (χ4v) is 5.87. The van der Waals surface area contributed by atoms with E-state index in [1.807, 2.05) is 25.6 Å². The van der Waals surface area contributed by atoms with Crippen LogP contribution in [-0.4, -0.2) is 87.8 Å². The maximum Gasteiger partial charge on any atom is 0.341 e. The quantitative estimate of drug-likeness (QED) is 0.440. The zero-order valence-corrected chi connectivity index (χ0v) is 23.4. The number of ether oxygens (including phenoxy) is 1. The van der Waals surface area contributed by atoms with Crippen molar-refractivity contribution in [3.05, 3.63) is 33.0 Å². The van der Waals surface area contributed by atoms with Crippen molar-refractivity contribution < 1.29 is 14.3 Å². The van der Waals surface area contributed by atoms with E-state index >= 15 is 0 Å². The Bertz CT molecular complexity index is 1100. The number of aromatic nitrogens is 2. The Hall–Kier alpha value is -2.50. The molecule has 1 N–H and O–H groups in total. The van der Waals surface area contributed by atoms with Gasteiger partial charge in [0.15, 0.2) is 5.11 Å². The molecule has 0 aliphatic carbocycles. The molecule has 1 aliphatic heterocycles. The van der Waals surface area contributed by atoms with E-state index < -0.39 is 5.97 Å². The SMILES string of the molecule is CCN(CC)C(=O)c1sc(NC(=S)N2CCN(Cc3c(C)nn(C)c3C)CC2)c(C(=O)OC)c1C. The number of aryl methyl sites for hydroxylation is 2. The van der Waals surface area contributed by atoms with Gasteiger partial charge >= 0.3 is 5.97 Å². The van der Waals surface area contributed by atoms with Gasteiger partial charge in [-0.1, -0.05) is 0 Å². The molecule has 11 heteroatoms. The molecule has 0 spiro atoms. The van der Waals surface area contributed by atoms with Crippen LogP contribution < -0.4 is 5.32 Å². The number of hydrogen-bond donors (Lipinski definition) is 1. The lowest BCUT2D eigenvalue weighted by Gasteiger charge is -2.36. The third kappa shape index (κ3) is 5.68. The topological polar surface area (TPSA) is 82.9 Å². The number of rotatable bonds is 7. The number of nitrogens with one attached hydrogen (secondary N) is 1. The first-order valence-corrected chi connectivity index (χ1v) is 13.1. The molecule has 1 saturated heterocycles. The van der Waals surface area contributed by atoms with E-state index in [0.717, 1.165) is 38.4 Å². The van der Waals surface area contributed by atoms with E-state index in [-0.39, 0.29) is 5.91 Å². The molecule has 0 aromatic carbocycles. The third-order valence-corrected chi connectivity index (χ3v) is 8.26. The standard InChI is InChI=1S/C24H36N6O3S2/c1-8-29(9-2)22(31)20-15(3)19(23(32)33-7)21(35-20)25-24(34)30-12-10-28(11-13-30)14-18-16(4)26-27(6)17(18)5/h8-14H2,1-7H3,(H,25,34). The van der Waals surface area contributed by atoms with E-state index in [1.165, 1.54) is 29.7 Å². The van der Waals surface area contributed by atoms with Gasteiger partial charge < -0.3 is 19.9 Å². The van der Waals surface area contributed by atoms with Crippen molar-refractivity contribution in [1.29, 1.82) is 0 Å². The van der Waals surface area contributed by atoms with E-state index in [0.29, 0.717) is 39.2 Å². The summed E-state index contributed by atoms with van der Waals surface area (Å²) in [6.45, 7) is 15.2. The van der Waals surface area contributed by atoms with Crippen LogP contribution in [0.4, 0.5) is 5.00 Å².